The van der Waals surface area contributed by atoms with Crippen LogP contribution in [0.1, 0.15) is 33.6 Å². The summed E-state index contributed by atoms with van der Waals surface area (Å²) in [6, 6.07) is 2.22. The van der Waals surface area contributed by atoms with Crippen molar-refractivity contribution in [3.8, 4) is 6.07 Å². The van der Waals surface area contributed by atoms with Crippen LogP contribution in [0.2, 0.25) is 0 Å². The minimum absolute atomic E-state index is 0.470. The van der Waals surface area contributed by atoms with E-state index >= 15 is 0 Å². The van der Waals surface area contributed by atoms with Crippen LogP contribution in [0, 0.1) is 22.7 Å². The summed E-state index contributed by atoms with van der Waals surface area (Å²) in [6.45, 7) is 6.53. The third kappa shape index (κ3) is 1.83. The van der Waals surface area contributed by atoms with Gasteiger partial charge in [0, 0.05) is 5.57 Å². The highest BCUT2D eigenvalue weighted by molar-refractivity contribution is 5.24. The van der Waals surface area contributed by atoms with Gasteiger partial charge in [-0.25, -0.2) is 0 Å². The molecule has 0 aromatic carbocycles. The Labute approximate surface area is 68.7 Å². The molecule has 1 heteroatoms. The van der Waals surface area contributed by atoms with Crippen LogP contribution in [0.5, 0.6) is 0 Å². The molecule has 11 heavy (non-hydrogen) atoms. The smallest absolute Gasteiger partial charge is 0.0943 e. The Balaban J connectivity index is 2.55. The standard InChI is InChI=1S/C10H15N/c1-4-8(7-11)5-9-6-10(9,2)3/h5,9H,4,6H2,1-3H3/b8-5-. The molecule has 1 rings (SSSR count). The Bertz CT molecular complexity index is 218. The molecule has 0 aliphatic heterocycles. The van der Waals surface area contributed by atoms with Gasteiger partial charge in [0.15, 0.2) is 0 Å². The third-order valence-electron chi connectivity index (χ3n) is 2.52. The fraction of sp³-hybridized carbons (Fsp3) is 0.700. The van der Waals surface area contributed by atoms with E-state index in [1.165, 1.54) is 6.42 Å². The number of hydrogen-bond donors (Lipinski definition) is 0. The molecule has 1 aliphatic rings. The number of rotatable bonds is 2. The molecule has 0 saturated heterocycles. The first-order valence-corrected chi connectivity index (χ1v) is 4.21. The van der Waals surface area contributed by atoms with Gasteiger partial charge >= 0.3 is 0 Å². The zero-order valence-electron chi connectivity index (χ0n) is 7.52. The van der Waals surface area contributed by atoms with Crippen molar-refractivity contribution in [1.82, 2.24) is 0 Å². The highest BCUT2D eigenvalue weighted by Crippen LogP contribution is 2.52. The predicted molar refractivity (Wildman–Crippen MR) is 45.9 cm³/mol. The van der Waals surface area contributed by atoms with Gasteiger partial charge in [-0.05, 0) is 24.2 Å². The van der Waals surface area contributed by atoms with E-state index in [1.807, 2.05) is 6.92 Å². The normalized spacial score (nSPS) is 27.8. The van der Waals surface area contributed by atoms with Crippen molar-refractivity contribution in [3.05, 3.63) is 11.6 Å². The first kappa shape index (κ1) is 8.33. The van der Waals surface area contributed by atoms with Gasteiger partial charge in [-0.3, -0.25) is 0 Å². The van der Waals surface area contributed by atoms with Crippen molar-refractivity contribution >= 4 is 0 Å². The van der Waals surface area contributed by atoms with E-state index in [9.17, 15) is 0 Å². The second kappa shape index (κ2) is 2.70. The zero-order valence-corrected chi connectivity index (χ0v) is 7.52. The molecule has 1 saturated carbocycles. The Kier molecular flexibility index (Phi) is 2.04. The van der Waals surface area contributed by atoms with Gasteiger partial charge in [0.05, 0.1) is 6.07 Å². The van der Waals surface area contributed by atoms with E-state index in [1.54, 1.807) is 0 Å². The van der Waals surface area contributed by atoms with Gasteiger partial charge in [0.1, 0.15) is 0 Å². The second-order valence-electron chi connectivity index (χ2n) is 3.96. The lowest BCUT2D eigenvalue weighted by molar-refractivity contribution is 0.608. The first-order valence-electron chi connectivity index (χ1n) is 4.21. The summed E-state index contributed by atoms with van der Waals surface area (Å²) in [6.07, 6.45) is 4.27. The molecule has 0 bridgehead atoms. The summed E-state index contributed by atoms with van der Waals surface area (Å²) >= 11 is 0. The highest BCUT2D eigenvalue weighted by Gasteiger charge is 2.43. The lowest BCUT2D eigenvalue weighted by Crippen LogP contribution is -1.87. The van der Waals surface area contributed by atoms with Crippen LogP contribution < -0.4 is 0 Å². The van der Waals surface area contributed by atoms with E-state index in [-0.39, 0.29) is 0 Å². The molecule has 0 amide bonds. The maximum absolute atomic E-state index is 8.65. The Morgan fingerprint density at radius 2 is 2.27 bits per heavy atom. The predicted octanol–water partition coefficient (Wildman–Crippen LogP) is 2.89. The topological polar surface area (TPSA) is 23.8 Å². The van der Waals surface area contributed by atoms with Crippen molar-refractivity contribution in [2.24, 2.45) is 11.3 Å². The van der Waals surface area contributed by atoms with Gasteiger partial charge in [-0.1, -0.05) is 26.8 Å². The second-order valence-corrected chi connectivity index (χ2v) is 3.96. The van der Waals surface area contributed by atoms with Gasteiger partial charge in [0.2, 0.25) is 0 Å². The SMILES string of the molecule is CC/C(C#N)=C/C1CC1(C)C. The molecule has 1 unspecified atom stereocenters. The molecular formula is C10H15N. The number of allylic oxidation sites excluding steroid dienone is 2. The molecule has 0 aromatic rings. The van der Waals surface area contributed by atoms with Crippen LogP contribution >= 0.6 is 0 Å². The van der Waals surface area contributed by atoms with Gasteiger partial charge in [0.25, 0.3) is 0 Å². The first-order chi connectivity index (χ1) is 5.10. The van der Waals surface area contributed by atoms with E-state index < -0.39 is 0 Å². The van der Waals surface area contributed by atoms with Crippen LogP contribution in [0.15, 0.2) is 11.6 Å². The summed E-state index contributed by atoms with van der Waals surface area (Å²) in [5, 5.41) is 8.65. The molecule has 0 aromatic heterocycles. The summed E-state index contributed by atoms with van der Waals surface area (Å²) < 4.78 is 0. The Morgan fingerprint density at radius 1 is 1.73 bits per heavy atom. The molecule has 0 spiro atoms. The van der Waals surface area contributed by atoms with Crippen LogP contribution in [-0.2, 0) is 0 Å². The van der Waals surface area contributed by atoms with E-state index in [4.69, 9.17) is 5.26 Å². The van der Waals surface area contributed by atoms with Crippen molar-refractivity contribution < 1.29 is 0 Å². The van der Waals surface area contributed by atoms with Crippen molar-refractivity contribution in [2.45, 2.75) is 33.6 Å². The Morgan fingerprint density at radius 3 is 2.55 bits per heavy atom. The third-order valence-corrected chi connectivity index (χ3v) is 2.52. The fourth-order valence-corrected chi connectivity index (χ4v) is 1.27. The molecule has 60 valence electrons. The molecule has 1 fully saturated rings. The Hall–Kier alpha value is -0.770. The minimum atomic E-state index is 0.470. The number of nitrogens with zero attached hydrogens (tertiary/aromatic N) is 1. The van der Waals surface area contributed by atoms with Gasteiger partial charge in [-0.15, -0.1) is 0 Å². The summed E-state index contributed by atoms with van der Waals surface area (Å²) in [4.78, 5) is 0. The molecule has 1 nitrogen and oxygen atoms in total. The van der Waals surface area contributed by atoms with E-state index in [2.05, 4.69) is 26.0 Å². The zero-order chi connectivity index (χ0) is 8.48. The number of nitriles is 1. The molecule has 1 atom stereocenters. The summed E-state index contributed by atoms with van der Waals surface area (Å²) in [5.74, 6) is 0.664. The molecule has 0 N–H and O–H groups in total. The van der Waals surface area contributed by atoms with Crippen LogP contribution in [0.25, 0.3) is 0 Å². The maximum atomic E-state index is 8.65. The van der Waals surface area contributed by atoms with Gasteiger partial charge in [-0.2, -0.15) is 5.26 Å². The lowest BCUT2D eigenvalue weighted by atomic mass is 10.1. The summed E-state index contributed by atoms with van der Waals surface area (Å²) in [5.41, 5.74) is 1.41. The van der Waals surface area contributed by atoms with Crippen LogP contribution in [-0.4, -0.2) is 0 Å². The van der Waals surface area contributed by atoms with Crippen molar-refractivity contribution in [3.63, 3.8) is 0 Å². The van der Waals surface area contributed by atoms with Gasteiger partial charge < -0.3 is 0 Å². The number of hydrogen-bond acceptors (Lipinski definition) is 1. The molecule has 0 radical (unpaired) electrons. The lowest BCUT2D eigenvalue weighted by Gasteiger charge is -1.97. The van der Waals surface area contributed by atoms with Crippen LogP contribution in [0.4, 0.5) is 0 Å². The highest BCUT2D eigenvalue weighted by atomic mass is 14.5. The molecule has 1 aliphatic carbocycles. The van der Waals surface area contributed by atoms with Crippen molar-refractivity contribution in [2.75, 3.05) is 0 Å². The minimum Gasteiger partial charge on any atom is -0.193 e. The van der Waals surface area contributed by atoms with E-state index in [0.29, 0.717) is 11.3 Å². The maximum Gasteiger partial charge on any atom is 0.0943 e. The average Bonchev–Trinajstić information content (AvgIpc) is 2.54. The fourth-order valence-electron chi connectivity index (χ4n) is 1.27. The van der Waals surface area contributed by atoms with Crippen LogP contribution in [0.3, 0.4) is 0 Å². The average molecular weight is 149 g/mol. The molecule has 0 heterocycles. The van der Waals surface area contributed by atoms with Crippen molar-refractivity contribution in [1.29, 1.82) is 5.26 Å². The largest absolute Gasteiger partial charge is 0.193 e. The van der Waals surface area contributed by atoms with E-state index in [0.717, 1.165) is 12.0 Å². The summed E-state index contributed by atoms with van der Waals surface area (Å²) in [7, 11) is 0. The molecular weight excluding hydrogens is 134 g/mol. The quantitative estimate of drug-likeness (QED) is 0.554. The monoisotopic (exact) mass is 149 g/mol.